The number of benzene rings is 2. The van der Waals surface area contributed by atoms with E-state index in [2.05, 4.69) is 6.58 Å². The molecule has 0 bridgehead atoms. The molecule has 2 aromatic carbocycles. The Balaban J connectivity index is 1.81. The number of unbranched alkanes of at least 4 members (excludes halogenated alkanes) is 1. The largest absolute Gasteiger partial charge is 0.494 e. The molecule has 2 aromatic rings. The van der Waals surface area contributed by atoms with E-state index in [9.17, 15) is 19.6 Å². The predicted octanol–water partition coefficient (Wildman–Crippen LogP) is 1.47. The molecular weight excluding hydrogens is 363 g/mol. The van der Waals surface area contributed by atoms with Gasteiger partial charge in [-0.1, -0.05) is 24.8 Å². The summed E-state index contributed by atoms with van der Waals surface area (Å²) in [6.07, 6.45) is 2.49. The van der Waals surface area contributed by atoms with Crippen molar-refractivity contribution in [3.8, 4) is 11.5 Å². The molecular formula is C20H21BO7. The maximum atomic E-state index is 12.2. The standard InChI is InChI=1S/C20H21BO7/c1-2-19(22)27-14-6-5-13-26-16-11-9-15(10-12-16)20(23)28-18-8-4-3-7-17(18)21(24)25/h2-4,7-12,24-25H,1,5-6,13-14H2. The molecule has 7 nitrogen and oxygen atoms in total. The first-order valence-electron chi connectivity index (χ1n) is 8.70. The Morgan fingerprint density at radius 3 is 2.36 bits per heavy atom. The number of ether oxygens (including phenoxy) is 3. The minimum absolute atomic E-state index is 0.0833. The highest BCUT2D eigenvalue weighted by atomic mass is 16.5. The average molecular weight is 384 g/mol. The Hall–Kier alpha value is -3.10. The number of para-hydroxylation sites is 1. The molecule has 2 N–H and O–H groups in total. The van der Waals surface area contributed by atoms with Crippen LogP contribution in [0.4, 0.5) is 0 Å². The third-order valence-corrected chi connectivity index (χ3v) is 3.71. The summed E-state index contributed by atoms with van der Waals surface area (Å²) in [4.78, 5) is 23.1. The van der Waals surface area contributed by atoms with E-state index in [1.807, 2.05) is 0 Å². The molecule has 0 spiro atoms. The van der Waals surface area contributed by atoms with Crippen LogP contribution in [-0.2, 0) is 9.53 Å². The maximum Gasteiger partial charge on any atom is 0.492 e. The molecule has 146 valence electrons. The lowest BCUT2D eigenvalue weighted by Gasteiger charge is -2.10. The quantitative estimate of drug-likeness (QED) is 0.210. The highest BCUT2D eigenvalue weighted by molar-refractivity contribution is 6.59. The summed E-state index contributed by atoms with van der Waals surface area (Å²) in [6, 6.07) is 12.6. The zero-order valence-corrected chi connectivity index (χ0v) is 15.2. The summed E-state index contributed by atoms with van der Waals surface area (Å²) in [7, 11) is -1.74. The van der Waals surface area contributed by atoms with E-state index in [0.29, 0.717) is 37.4 Å². The first kappa shape index (κ1) is 21.2. The van der Waals surface area contributed by atoms with Crippen LogP contribution in [0.5, 0.6) is 11.5 Å². The molecule has 0 amide bonds. The van der Waals surface area contributed by atoms with Gasteiger partial charge in [0.2, 0.25) is 0 Å². The molecule has 8 heteroatoms. The number of rotatable bonds is 10. The molecule has 0 radical (unpaired) electrons. The molecule has 28 heavy (non-hydrogen) atoms. The van der Waals surface area contributed by atoms with Gasteiger partial charge in [-0.05, 0) is 43.2 Å². The molecule has 0 saturated heterocycles. The highest BCUT2D eigenvalue weighted by Crippen LogP contribution is 2.15. The van der Waals surface area contributed by atoms with Crippen LogP contribution in [-0.4, -0.2) is 42.3 Å². The van der Waals surface area contributed by atoms with Gasteiger partial charge in [-0.15, -0.1) is 0 Å². The molecule has 0 saturated carbocycles. The summed E-state index contributed by atoms with van der Waals surface area (Å²) in [5.41, 5.74) is 0.403. The van der Waals surface area contributed by atoms with Gasteiger partial charge in [-0.2, -0.15) is 0 Å². The number of hydrogen-bond acceptors (Lipinski definition) is 7. The minimum atomic E-state index is -1.74. The normalized spacial score (nSPS) is 10.1. The van der Waals surface area contributed by atoms with Gasteiger partial charge in [0.15, 0.2) is 0 Å². The van der Waals surface area contributed by atoms with E-state index in [4.69, 9.17) is 14.2 Å². The number of hydrogen-bond donors (Lipinski definition) is 2. The Bertz CT molecular complexity index is 802. The van der Waals surface area contributed by atoms with Gasteiger partial charge in [0.25, 0.3) is 0 Å². The zero-order valence-electron chi connectivity index (χ0n) is 15.2. The Labute approximate surface area is 163 Å². The maximum absolute atomic E-state index is 12.2. The van der Waals surface area contributed by atoms with E-state index >= 15 is 0 Å². The lowest BCUT2D eigenvalue weighted by atomic mass is 9.79. The number of esters is 2. The van der Waals surface area contributed by atoms with Gasteiger partial charge >= 0.3 is 19.1 Å². The molecule has 0 aliphatic carbocycles. The van der Waals surface area contributed by atoms with Crippen molar-refractivity contribution in [2.24, 2.45) is 0 Å². The fourth-order valence-electron chi connectivity index (χ4n) is 2.26. The first-order chi connectivity index (χ1) is 13.5. The summed E-state index contributed by atoms with van der Waals surface area (Å²) >= 11 is 0. The van der Waals surface area contributed by atoms with Crippen molar-refractivity contribution in [3.63, 3.8) is 0 Å². The van der Waals surface area contributed by atoms with Crippen LogP contribution in [0, 0.1) is 0 Å². The van der Waals surface area contributed by atoms with Gasteiger partial charge in [-0.3, -0.25) is 0 Å². The number of carbonyl (C=O) groups excluding carboxylic acids is 2. The molecule has 0 fully saturated rings. The monoisotopic (exact) mass is 384 g/mol. The third-order valence-electron chi connectivity index (χ3n) is 3.71. The fraction of sp³-hybridized carbons (Fsp3) is 0.200. The van der Waals surface area contributed by atoms with Gasteiger partial charge in [-0.25, -0.2) is 9.59 Å². The van der Waals surface area contributed by atoms with Crippen LogP contribution in [0.3, 0.4) is 0 Å². The van der Waals surface area contributed by atoms with Crippen molar-refractivity contribution >= 4 is 24.5 Å². The second-order valence-electron chi connectivity index (χ2n) is 5.75. The van der Waals surface area contributed by atoms with E-state index in [-0.39, 0.29) is 11.2 Å². The average Bonchev–Trinajstić information content (AvgIpc) is 2.71. The Kier molecular flexibility index (Phi) is 8.26. The van der Waals surface area contributed by atoms with Crippen LogP contribution < -0.4 is 14.9 Å². The van der Waals surface area contributed by atoms with Gasteiger partial charge in [0.05, 0.1) is 18.8 Å². The lowest BCUT2D eigenvalue weighted by Crippen LogP contribution is -2.32. The first-order valence-corrected chi connectivity index (χ1v) is 8.70. The van der Waals surface area contributed by atoms with Crippen molar-refractivity contribution in [3.05, 3.63) is 66.7 Å². The summed E-state index contributed by atoms with van der Waals surface area (Å²) in [5.74, 6) is -0.394. The van der Waals surface area contributed by atoms with Crippen LogP contribution >= 0.6 is 0 Å². The van der Waals surface area contributed by atoms with Crippen molar-refractivity contribution in [2.45, 2.75) is 12.8 Å². The van der Waals surface area contributed by atoms with E-state index < -0.39 is 19.1 Å². The minimum Gasteiger partial charge on any atom is -0.494 e. The van der Waals surface area contributed by atoms with Crippen LogP contribution in [0.15, 0.2) is 61.2 Å². The SMILES string of the molecule is C=CC(=O)OCCCCOc1ccc(C(=O)Oc2ccccc2B(O)O)cc1. The molecule has 2 rings (SSSR count). The van der Waals surface area contributed by atoms with Crippen LogP contribution in [0.2, 0.25) is 0 Å². The number of carbonyl (C=O) groups is 2. The molecule has 0 atom stereocenters. The van der Waals surface area contributed by atoms with E-state index in [1.54, 1.807) is 36.4 Å². The van der Waals surface area contributed by atoms with Crippen molar-refractivity contribution in [2.75, 3.05) is 13.2 Å². The zero-order chi connectivity index (χ0) is 20.4. The van der Waals surface area contributed by atoms with Crippen molar-refractivity contribution in [1.82, 2.24) is 0 Å². The van der Waals surface area contributed by atoms with Gasteiger partial charge in [0, 0.05) is 11.5 Å². The smallest absolute Gasteiger partial charge is 0.492 e. The van der Waals surface area contributed by atoms with Gasteiger partial charge < -0.3 is 24.3 Å². The van der Waals surface area contributed by atoms with E-state index in [0.717, 1.165) is 6.08 Å². The second-order valence-corrected chi connectivity index (χ2v) is 5.75. The topological polar surface area (TPSA) is 102 Å². The highest BCUT2D eigenvalue weighted by Gasteiger charge is 2.19. The summed E-state index contributed by atoms with van der Waals surface area (Å²) in [5, 5.41) is 18.6. The summed E-state index contributed by atoms with van der Waals surface area (Å²) < 4.78 is 15.7. The van der Waals surface area contributed by atoms with Gasteiger partial charge in [0.1, 0.15) is 11.5 Å². The Morgan fingerprint density at radius 2 is 1.68 bits per heavy atom. The van der Waals surface area contributed by atoms with Crippen molar-refractivity contribution < 1.29 is 33.8 Å². The predicted molar refractivity (Wildman–Crippen MR) is 104 cm³/mol. The molecule has 0 unspecified atom stereocenters. The van der Waals surface area contributed by atoms with E-state index in [1.165, 1.54) is 12.1 Å². The van der Waals surface area contributed by atoms with Crippen LogP contribution in [0.25, 0.3) is 0 Å². The molecule has 0 heterocycles. The molecule has 0 aliphatic heterocycles. The Morgan fingerprint density at radius 1 is 1.00 bits per heavy atom. The second kappa shape index (κ2) is 10.9. The molecule has 0 aliphatic rings. The lowest BCUT2D eigenvalue weighted by molar-refractivity contribution is -0.137. The third kappa shape index (κ3) is 6.57. The van der Waals surface area contributed by atoms with Crippen LogP contribution in [0.1, 0.15) is 23.2 Å². The fourth-order valence-corrected chi connectivity index (χ4v) is 2.26. The van der Waals surface area contributed by atoms with Crippen molar-refractivity contribution in [1.29, 1.82) is 0 Å². The summed E-state index contributed by atoms with van der Waals surface area (Å²) in [6.45, 7) is 4.07. The molecule has 0 aromatic heterocycles.